The smallest absolute Gasteiger partial charge is 0.435 e. The van der Waals surface area contributed by atoms with Crippen LogP contribution < -0.4 is 31.2 Å². The van der Waals surface area contributed by atoms with E-state index in [0.717, 1.165) is 39.8 Å². The Morgan fingerprint density at radius 2 is 1.77 bits per heavy atom. The van der Waals surface area contributed by atoms with E-state index in [9.17, 15) is 18.0 Å². The number of rotatable bonds is 11. The number of benzene rings is 2. The van der Waals surface area contributed by atoms with E-state index in [1.165, 1.54) is 13.2 Å². The number of nitrogens with zero attached hydrogens (tertiary/aromatic N) is 2. The molecule has 252 valence electrons. The van der Waals surface area contributed by atoms with Gasteiger partial charge in [-0.2, -0.15) is 13.2 Å². The summed E-state index contributed by atoms with van der Waals surface area (Å²) in [4.78, 5) is 20.1. The molecule has 1 aliphatic heterocycles. The van der Waals surface area contributed by atoms with E-state index in [1.54, 1.807) is 7.11 Å². The minimum atomic E-state index is -4.68. The van der Waals surface area contributed by atoms with Crippen LogP contribution in [0.3, 0.4) is 0 Å². The van der Waals surface area contributed by atoms with Gasteiger partial charge in [-0.25, -0.2) is 9.97 Å². The van der Waals surface area contributed by atoms with Crippen molar-refractivity contribution in [1.82, 2.24) is 20.6 Å². The molecule has 2 atom stereocenters. The second-order valence-electron chi connectivity index (χ2n) is 11.8. The van der Waals surface area contributed by atoms with Gasteiger partial charge in [-0.3, -0.25) is 4.79 Å². The first kappa shape index (κ1) is 33.5. The van der Waals surface area contributed by atoms with E-state index < -0.39 is 17.9 Å². The molecule has 6 rings (SSSR count). The molecule has 48 heavy (non-hydrogen) atoms. The number of hydrogen-bond acceptors (Lipinski definition) is 8. The van der Waals surface area contributed by atoms with Crippen LogP contribution in [-0.2, 0) is 30.5 Å². The Morgan fingerprint density at radius 1 is 1.00 bits per heavy atom. The molecule has 0 unspecified atom stereocenters. The van der Waals surface area contributed by atoms with Gasteiger partial charge in [0.25, 0.3) is 0 Å². The Balaban J connectivity index is 1.26. The van der Waals surface area contributed by atoms with Crippen molar-refractivity contribution in [1.29, 1.82) is 0 Å². The summed E-state index contributed by atoms with van der Waals surface area (Å²) in [6, 6.07) is 16.4. The van der Waals surface area contributed by atoms with Crippen molar-refractivity contribution in [2.24, 2.45) is 5.73 Å². The molecule has 1 fully saturated rings. The van der Waals surface area contributed by atoms with Crippen molar-refractivity contribution in [3.8, 4) is 34.0 Å². The molecular weight excluding hydrogens is 645 g/mol. The maximum Gasteiger partial charge on any atom is 0.435 e. The van der Waals surface area contributed by atoms with Crippen LogP contribution in [-0.4, -0.2) is 42.7 Å². The summed E-state index contributed by atoms with van der Waals surface area (Å²) in [5.74, 6) is 0.737. The highest BCUT2D eigenvalue weighted by molar-refractivity contribution is 6.36. The molecule has 5 N–H and O–H groups in total. The van der Waals surface area contributed by atoms with Crippen molar-refractivity contribution in [2.75, 3.05) is 26.1 Å². The van der Waals surface area contributed by atoms with Gasteiger partial charge >= 0.3 is 6.18 Å². The first-order valence-corrected chi connectivity index (χ1v) is 16.1. The molecule has 3 heterocycles. The number of methoxy groups -OCH3 is 2. The van der Waals surface area contributed by atoms with E-state index in [4.69, 9.17) is 31.8 Å². The number of alkyl halides is 3. The first-order chi connectivity index (χ1) is 23.1. The van der Waals surface area contributed by atoms with Gasteiger partial charge < -0.3 is 31.2 Å². The van der Waals surface area contributed by atoms with Crippen LogP contribution in [0.5, 0.6) is 11.6 Å². The zero-order chi connectivity index (χ0) is 34.0. The number of carbonyl (C=O) groups is 1. The van der Waals surface area contributed by atoms with Gasteiger partial charge in [-0.05, 0) is 42.0 Å². The van der Waals surface area contributed by atoms with Gasteiger partial charge in [-0.1, -0.05) is 54.1 Å². The number of carbonyl (C=O) groups excluding carboxylic acids is 1. The third-order valence-corrected chi connectivity index (χ3v) is 9.24. The lowest BCUT2D eigenvalue weighted by Gasteiger charge is -2.21. The standard InChI is InChI=1S/C35H36ClF3N6O3/c1-47-30-15-28(33(35(37,38)39)44-29(30)16-40)43-26-13-11-22-21(5-3-6-23(22)26)24-7-4-8-25(32(24)36)27-12-9-19(34(45-27)48-2)17-41-18-20-10-14-31(46)42-20/h3-9,12,15,20,26,41,43H,10-11,13-14,16-18,40H2,1-2H3,(H,42,46)/t20-,26-/m0/s1. The van der Waals surface area contributed by atoms with Crippen molar-refractivity contribution in [2.45, 2.75) is 57.0 Å². The number of ether oxygens (including phenoxy) is 2. The lowest BCUT2D eigenvalue weighted by molar-refractivity contribution is -0.140. The number of aromatic nitrogens is 2. The van der Waals surface area contributed by atoms with Crippen LogP contribution in [0.4, 0.5) is 18.9 Å². The highest BCUT2D eigenvalue weighted by atomic mass is 35.5. The Hall–Kier alpha value is -4.39. The molecule has 2 aromatic carbocycles. The third-order valence-electron chi connectivity index (χ3n) is 8.83. The Bertz CT molecular complexity index is 1840. The molecular formula is C35H36ClF3N6O3. The van der Waals surface area contributed by atoms with Crippen molar-refractivity contribution in [3.63, 3.8) is 0 Å². The van der Waals surface area contributed by atoms with E-state index in [1.807, 2.05) is 48.5 Å². The number of amides is 1. The summed E-state index contributed by atoms with van der Waals surface area (Å²) in [6.45, 7) is 0.984. The van der Waals surface area contributed by atoms with Crippen molar-refractivity contribution >= 4 is 23.2 Å². The summed E-state index contributed by atoms with van der Waals surface area (Å²) >= 11 is 7.08. The molecule has 0 bridgehead atoms. The number of hydrogen-bond donors (Lipinski definition) is 4. The van der Waals surface area contributed by atoms with E-state index in [-0.39, 0.29) is 35.6 Å². The van der Waals surface area contributed by atoms with Crippen LogP contribution in [0.1, 0.15) is 53.4 Å². The molecule has 13 heteroatoms. The topological polar surface area (TPSA) is 123 Å². The summed E-state index contributed by atoms with van der Waals surface area (Å²) in [6.07, 6.45) is -2.12. The second-order valence-corrected chi connectivity index (χ2v) is 12.2. The Kier molecular flexibility index (Phi) is 9.77. The summed E-state index contributed by atoms with van der Waals surface area (Å²) in [5, 5.41) is 9.92. The van der Waals surface area contributed by atoms with Crippen molar-refractivity contribution < 1.29 is 27.4 Å². The molecule has 2 aliphatic rings. The maximum absolute atomic E-state index is 14.0. The second kappa shape index (κ2) is 14.0. The monoisotopic (exact) mass is 680 g/mol. The van der Waals surface area contributed by atoms with E-state index in [2.05, 4.69) is 20.9 Å². The average molecular weight is 681 g/mol. The van der Waals surface area contributed by atoms with Crippen LogP contribution in [0.15, 0.2) is 54.6 Å². The summed E-state index contributed by atoms with van der Waals surface area (Å²) in [5.41, 5.74) is 10.3. The van der Waals surface area contributed by atoms with Gasteiger partial charge in [0.15, 0.2) is 5.69 Å². The molecule has 0 radical (unpaired) electrons. The lowest BCUT2D eigenvalue weighted by atomic mass is 9.94. The van der Waals surface area contributed by atoms with Gasteiger partial charge in [0.1, 0.15) is 5.75 Å². The normalized spacial score (nSPS) is 17.3. The minimum absolute atomic E-state index is 0.0352. The van der Waals surface area contributed by atoms with Crippen LogP contribution in [0, 0.1) is 0 Å². The SMILES string of the molecule is COc1cc(N[C@H]2CCc3c(-c4cccc(-c5ccc(CNC[C@@H]6CCC(=O)N6)c(OC)n5)c4Cl)cccc32)c(C(F)(F)F)nc1CN. The fourth-order valence-corrected chi connectivity index (χ4v) is 6.83. The zero-order valence-electron chi connectivity index (χ0n) is 26.5. The van der Waals surface area contributed by atoms with Gasteiger partial charge in [0.2, 0.25) is 11.8 Å². The van der Waals surface area contributed by atoms with E-state index in [0.29, 0.717) is 48.9 Å². The Labute approximate surface area is 281 Å². The first-order valence-electron chi connectivity index (χ1n) is 15.7. The molecule has 1 saturated heterocycles. The molecule has 0 spiro atoms. The van der Waals surface area contributed by atoms with Crippen LogP contribution >= 0.6 is 11.6 Å². The number of anilines is 1. The molecule has 0 saturated carbocycles. The predicted octanol–water partition coefficient (Wildman–Crippen LogP) is 6.43. The fourth-order valence-electron chi connectivity index (χ4n) is 6.51. The lowest BCUT2D eigenvalue weighted by Crippen LogP contribution is -2.35. The highest BCUT2D eigenvalue weighted by Gasteiger charge is 2.38. The molecule has 4 aromatic rings. The van der Waals surface area contributed by atoms with Gasteiger partial charge in [0.05, 0.1) is 42.4 Å². The highest BCUT2D eigenvalue weighted by Crippen LogP contribution is 2.45. The molecule has 9 nitrogen and oxygen atoms in total. The van der Waals surface area contributed by atoms with Crippen molar-refractivity contribution in [3.05, 3.63) is 87.7 Å². The number of pyridine rings is 2. The minimum Gasteiger partial charge on any atom is -0.495 e. The molecule has 1 amide bonds. The molecule has 2 aromatic heterocycles. The number of halogens is 4. The Morgan fingerprint density at radius 3 is 2.48 bits per heavy atom. The number of nitrogens with one attached hydrogen (secondary N) is 3. The van der Waals surface area contributed by atoms with E-state index >= 15 is 0 Å². The van der Waals surface area contributed by atoms with Crippen LogP contribution in [0.2, 0.25) is 5.02 Å². The largest absolute Gasteiger partial charge is 0.495 e. The fraction of sp³-hybridized carbons (Fsp3) is 0.343. The van der Waals surface area contributed by atoms with Gasteiger partial charge in [-0.15, -0.1) is 0 Å². The summed E-state index contributed by atoms with van der Waals surface area (Å²) < 4.78 is 53.0. The average Bonchev–Trinajstić information content (AvgIpc) is 3.69. The van der Waals surface area contributed by atoms with Gasteiger partial charge in [0, 0.05) is 54.9 Å². The zero-order valence-corrected chi connectivity index (χ0v) is 27.3. The van der Waals surface area contributed by atoms with Crippen LogP contribution in [0.25, 0.3) is 22.4 Å². The number of nitrogens with two attached hydrogens (primary N) is 1. The maximum atomic E-state index is 14.0. The molecule has 1 aliphatic carbocycles. The summed E-state index contributed by atoms with van der Waals surface area (Å²) in [7, 11) is 2.94. The quantitative estimate of drug-likeness (QED) is 0.143. The predicted molar refractivity (Wildman–Crippen MR) is 178 cm³/mol. The number of fused-ring (bicyclic) bond motifs is 1. The third kappa shape index (κ3) is 6.78.